The molecule has 15 heavy (non-hydrogen) atoms. The first kappa shape index (κ1) is 12.2. The van der Waals surface area contributed by atoms with Gasteiger partial charge in [-0.2, -0.15) is 13.5 Å². The molecular formula is C9H15FN2O2S. The molecule has 0 bridgehead atoms. The second-order valence-corrected chi connectivity index (χ2v) is 5.66. The van der Waals surface area contributed by atoms with Gasteiger partial charge in [0.15, 0.2) is 0 Å². The summed E-state index contributed by atoms with van der Waals surface area (Å²) in [5.41, 5.74) is 0.260. The SMILES string of the molecule is CCC(C)(C)Cc1[nH]ncc1S(=O)(=O)F. The molecule has 86 valence electrons. The third-order valence-corrected chi connectivity index (χ3v) is 3.43. The van der Waals surface area contributed by atoms with E-state index in [2.05, 4.69) is 10.2 Å². The summed E-state index contributed by atoms with van der Waals surface area (Å²) in [4.78, 5) is -0.343. The van der Waals surface area contributed by atoms with Crippen LogP contribution in [0, 0.1) is 5.41 Å². The third kappa shape index (κ3) is 3.02. The third-order valence-electron chi connectivity index (χ3n) is 2.55. The quantitative estimate of drug-likeness (QED) is 0.811. The maximum Gasteiger partial charge on any atom is 0.335 e. The Kier molecular flexibility index (Phi) is 3.18. The van der Waals surface area contributed by atoms with Crippen molar-refractivity contribution in [1.29, 1.82) is 0 Å². The van der Waals surface area contributed by atoms with E-state index in [0.29, 0.717) is 12.1 Å². The fourth-order valence-corrected chi connectivity index (χ4v) is 1.83. The molecule has 0 aliphatic heterocycles. The second kappa shape index (κ2) is 3.92. The number of aromatic amines is 1. The highest BCUT2D eigenvalue weighted by Gasteiger charge is 2.24. The first-order valence-corrected chi connectivity index (χ1v) is 6.11. The van der Waals surface area contributed by atoms with E-state index in [0.717, 1.165) is 12.6 Å². The van der Waals surface area contributed by atoms with Crippen LogP contribution in [0.15, 0.2) is 11.1 Å². The molecule has 0 fully saturated rings. The van der Waals surface area contributed by atoms with Crippen LogP contribution in [0.4, 0.5) is 3.89 Å². The zero-order chi connectivity index (χ0) is 11.7. The van der Waals surface area contributed by atoms with E-state index in [-0.39, 0.29) is 10.3 Å². The van der Waals surface area contributed by atoms with Gasteiger partial charge in [-0.15, -0.1) is 3.89 Å². The van der Waals surface area contributed by atoms with Crippen molar-refractivity contribution in [2.75, 3.05) is 0 Å². The molecule has 0 aliphatic rings. The minimum atomic E-state index is -4.66. The highest BCUT2D eigenvalue weighted by molar-refractivity contribution is 7.86. The van der Waals surface area contributed by atoms with Gasteiger partial charge in [0.25, 0.3) is 0 Å². The summed E-state index contributed by atoms with van der Waals surface area (Å²) >= 11 is 0. The minimum Gasteiger partial charge on any atom is -0.281 e. The number of halogens is 1. The van der Waals surface area contributed by atoms with Crippen LogP contribution < -0.4 is 0 Å². The van der Waals surface area contributed by atoms with Crippen LogP contribution in [0.3, 0.4) is 0 Å². The normalized spacial score (nSPS) is 13.1. The van der Waals surface area contributed by atoms with E-state index in [1.165, 1.54) is 0 Å². The molecule has 0 amide bonds. The molecule has 0 aromatic carbocycles. The average Bonchev–Trinajstić information content (AvgIpc) is 2.50. The van der Waals surface area contributed by atoms with Crippen molar-refractivity contribution in [3.63, 3.8) is 0 Å². The highest BCUT2D eigenvalue weighted by Crippen LogP contribution is 2.27. The van der Waals surface area contributed by atoms with Crippen LogP contribution in [0.5, 0.6) is 0 Å². The van der Waals surface area contributed by atoms with Gasteiger partial charge in [0.2, 0.25) is 0 Å². The second-order valence-electron chi connectivity index (χ2n) is 4.35. The average molecular weight is 234 g/mol. The first-order valence-electron chi connectivity index (χ1n) is 4.73. The fraction of sp³-hybridized carbons (Fsp3) is 0.667. The van der Waals surface area contributed by atoms with Crippen LogP contribution in [-0.4, -0.2) is 18.6 Å². The summed E-state index contributed by atoms with van der Waals surface area (Å²) in [5.74, 6) is 0. The lowest BCUT2D eigenvalue weighted by atomic mass is 9.85. The maximum atomic E-state index is 12.8. The minimum absolute atomic E-state index is 0.0774. The lowest BCUT2D eigenvalue weighted by molar-refractivity contribution is 0.342. The van der Waals surface area contributed by atoms with Crippen molar-refractivity contribution < 1.29 is 12.3 Å². The largest absolute Gasteiger partial charge is 0.335 e. The van der Waals surface area contributed by atoms with Crippen molar-refractivity contribution in [3.05, 3.63) is 11.9 Å². The van der Waals surface area contributed by atoms with Gasteiger partial charge in [-0.3, -0.25) is 5.10 Å². The Labute approximate surface area is 89.1 Å². The summed E-state index contributed by atoms with van der Waals surface area (Å²) in [6.45, 7) is 5.98. The molecule has 1 N–H and O–H groups in total. The molecule has 0 atom stereocenters. The zero-order valence-corrected chi connectivity index (χ0v) is 9.86. The predicted octanol–water partition coefficient (Wildman–Crippen LogP) is 2.05. The van der Waals surface area contributed by atoms with Crippen LogP contribution in [0.1, 0.15) is 32.9 Å². The summed E-state index contributed by atoms with van der Waals surface area (Å²) in [6, 6.07) is 0. The van der Waals surface area contributed by atoms with Gasteiger partial charge >= 0.3 is 10.2 Å². The van der Waals surface area contributed by atoms with Gasteiger partial charge in [-0.05, 0) is 11.8 Å². The highest BCUT2D eigenvalue weighted by atomic mass is 32.3. The van der Waals surface area contributed by atoms with Gasteiger partial charge in [0, 0.05) is 0 Å². The zero-order valence-electron chi connectivity index (χ0n) is 9.04. The molecule has 1 heterocycles. The molecule has 1 rings (SSSR count). The summed E-state index contributed by atoms with van der Waals surface area (Å²) < 4.78 is 34.3. The Balaban J connectivity index is 3.03. The molecule has 4 nitrogen and oxygen atoms in total. The van der Waals surface area contributed by atoms with E-state index >= 15 is 0 Å². The Hall–Kier alpha value is -0.910. The number of rotatable bonds is 4. The number of hydrogen-bond acceptors (Lipinski definition) is 3. The summed E-state index contributed by atoms with van der Waals surface area (Å²) in [6.07, 6.45) is 2.34. The van der Waals surface area contributed by atoms with Gasteiger partial charge in [0.1, 0.15) is 4.90 Å². The molecular weight excluding hydrogens is 219 g/mol. The number of nitrogens with one attached hydrogen (secondary N) is 1. The molecule has 0 saturated carbocycles. The van der Waals surface area contributed by atoms with Crippen molar-refractivity contribution in [1.82, 2.24) is 10.2 Å². The van der Waals surface area contributed by atoms with Gasteiger partial charge in [-0.1, -0.05) is 27.2 Å². The van der Waals surface area contributed by atoms with E-state index < -0.39 is 10.2 Å². The molecule has 0 aliphatic carbocycles. The molecule has 1 aromatic heterocycles. The Morgan fingerprint density at radius 1 is 1.53 bits per heavy atom. The fourth-order valence-electron chi connectivity index (χ4n) is 1.24. The molecule has 0 saturated heterocycles. The summed E-state index contributed by atoms with van der Waals surface area (Å²) in [7, 11) is -4.66. The standard InChI is InChI=1S/C9H15FN2O2S/c1-4-9(2,3)5-7-8(6-11-12-7)15(10,13)14/h6H,4-5H2,1-3H3,(H,11,12). The van der Waals surface area contributed by atoms with E-state index in [4.69, 9.17) is 0 Å². The monoisotopic (exact) mass is 234 g/mol. The van der Waals surface area contributed by atoms with E-state index in [9.17, 15) is 12.3 Å². The summed E-state index contributed by atoms with van der Waals surface area (Å²) in [5, 5.41) is 6.10. The number of hydrogen-bond donors (Lipinski definition) is 1. The molecule has 6 heteroatoms. The van der Waals surface area contributed by atoms with Crippen molar-refractivity contribution >= 4 is 10.2 Å². The number of aromatic nitrogens is 2. The smallest absolute Gasteiger partial charge is 0.281 e. The van der Waals surface area contributed by atoms with Crippen LogP contribution in [-0.2, 0) is 16.6 Å². The van der Waals surface area contributed by atoms with E-state index in [1.807, 2.05) is 20.8 Å². The Bertz CT molecular complexity index is 437. The molecule has 0 spiro atoms. The molecule has 1 aromatic rings. The lowest BCUT2D eigenvalue weighted by Crippen LogP contribution is -2.15. The van der Waals surface area contributed by atoms with Crippen LogP contribution in [0.2, 0.25) is 0 Å². The number of nitrogens with zero attached hydrogens (tertiary/aromatic N) is 1. The predicted molar refractivity (Wildman–Crippen MR) is 54.7 cm³/mol. The van der Waals surface area contributed by atoms with Gasteiger partial charge < -0.3 is 0 Å². The molecule has 0 radical (unpaired) electrons. The van der Waals surface area contributed by atoms with Crippen LogP contribution >= 0.6 is 0 Å². The topological polar surface area (TPSA) is 62.8 Å². The van der Waals surface area contributed by atoms with Gasteiger partial charge in [-0.25, -0.2) is 0 Å². The lowest BCUT2D eigenvalue weighted by Gasteiger charge is -2.21. The molecule has 0 unspecified atom stereocenters. The van der Waals surface area contributed by atoms with Crippen molar-refractivity contribution in [3.8, 4) is 0 Å². The van der Waals surface area contributed by atoms with Crippen molar-refractivity contribution in [2.45, 2.75) is 38.5 Å². The Morgan fingerprint density at radius 3 is 2.60 bits per heavy atom. The van der Waals surface area contributed by atoms with Crippen LogP contribution in [0.25, 0.3) is 0 Å². The number of H-pyrrole nitrogens is 1. The first-order chi connectivity index (χ1) is 6.76. The Morgan fingerprint density at radius 2 is 2.13 bits per heavy atom. The van der Waals surface area contributed by atoms with Gasteiger partial charge in [0.05, 0.1) is 11.9 Å². The van der Waals surface area contributed by atoms with E-state index in [1.54, 1.807) is 0 Å². The van der Waals surface area contributed by atoms with Crippen molar-refractivity contribution in [2.24, 2.45) is 5.41 Å². The maximum absolute atomic E-state index is 12.8.